The van der Waals surface area contributed by atoms with Gasteiger partial charge < -0.3 is 14.6 Å². The van der Waals surface area contributed by atoms with Gasteiger partial charge in [0.25, 0.3) is 0 Å². The van der Waals surface area contributed by atoms with Crippen LogP contribution in [0, 0.1) is 0 Å². The number of benzene rings is 1. The maximum atomic E-state index is 12.0. The number of esters is 1. The Hall–Kier alpha value is -1.88. The number of methoxy groups -OCH3 is 2. The van der Waals surface area contributed by atoms with Crippen LogP contribution >= 0.6 is 0 Å². The molecule has 1 aromatic carbocycles. The van der Waals surface area contributed by atoms with E-state index in [1.54, 1.807) is 18.2 Å². The summed E-state index contributed by atoms with van der Waals surface area (Å²) >= 11 is 0. The fourth-order valence-electron chi connectivity index (χ4n) is 2.04. The maximum Gasteiger partial charge on any atom is 0.346 e. The van der Waals surface area contributed by atoms with Crippen molar-refractivity contribution in [2.75, 3.05) is 14.2 Å². The van der Waals surface area contributed by atoms with Gasteiger partial charge in [-0.3, -0.25) is 4.79 Å². The number of aliphatic hydroxyl groups is 1. The lowest BCUT2D eigenvalue weighted by molar-refractivity contribution is -0.156. The van der Waals surface area contributed by atoms with Crippen LogP contribution in [0.1, 0.15) is 15.9 Å². The molecule has 0 spiro atoms. The number of ketones is 1. The van der Waals surface area contributed by atoms with E-state index in [4.69, 9.17) is 4.74 Å². The summed E-state index contributed by atoms with van der Waals surface area (Å²) in [7, 11) is 2.60. The molecule has 1 N–H and O–H groups in total. The summed E-state index contributed by atoms with van der Waals surface area (Å²) in [5.41, 5.74) is -1.28. The van der Waals surface area contributed by atoms with E-state index in [0.29, 0.717) is 16.9 Å². The molecule has 0 heterocycles. The highest BCUT2D eigenvalue weighted by molar-refractivity contribution is 6.19. The zero-order valence-electron chi connectivity index (χ0n) is 9.52. The number of rotatable bonds is 2. The number of carbonyl (C=O) groups excluding carboxylic acids is 2. The van der Waals surface area contributed by atoms with Gasteiger partial charge in [-0.05, 0) is 6.07 Å². The molecule has 5 heteroatoms. The summed E-state index contributed by atoms with van der Waals surface area (Å²) < 4.78 is 9.56. The van der Waals surface area contributed by atoms with Crippen LogP contribution in [0.3, 0.4) is 0 Å². The molecule has 1 aliphatic rings. The minimum Gasteiger partial charge on any atom is -0.496 e. The molecule has 2 rings (SSSR count). The summed E-state index contributed by atoms with van der Waals surface area (Å²) in [5, 5.41) is 10.1. The average Bonchev–Trinajstić information content (AvgIpc) is 2.62. The third-order valence-corrected chi connectivity index (χ3v) is 2.93. The van der Waals surface area contributed by atoms with Crippen LogP contribution in [0.4, 0.5) is 0 Å². The lowest BCUT2D eigenvalue weighted by atomic mass is 10.00. The molecule has 0 bridgehead atoms. The standard InChI is InChI=1S/C12H12O5/c1-16-9-5-3-4-7-8(9)6-12(15,10(7)13)11(14)17-2/h3-5,15H,6H2,1-2H3. The van der Waals surface area contributed by atoms with Gasteiger partial charge in [0.1, 0.15) is 5.75 Å². The van der Waals surface area contributed by atoms with Gasteiger partial charge in [0.2, 0.25) is 11.4 Å². The number of hydrogen-bond donors (Lipinski definition) is 1. The number of fused-ring (bicyclic) bond motifs is 1. The molecule has 0 radical (unpaired) electrons. The first-order valence-corrected chi connectivity index (χ1v) is 5.06. The fourth-order valence-corrected chi connectivity index (χ4v) is 2.04. The number of Topliss-reactive ketones (excluding diaryl/α,β-unsaturated/α-hetero) is 1. The SMILES string of the molecule is COC(=O)C1(O)Cc2c(OC)cccc2C1=O. The fraction of sp³-hybridized carbons (Fsp3) is 0.333. The van der Waals surface area contributed by atoms with Gasteiger partial charge in [-0.2, -0.15) is 0 Å². The smallest absolute Gasteiger partial charge is 0.346 e. The molecule has 0 saturated heterocycles. The van der Waals surface area contributed by atoms with Crippen LogP contribution < -0.4 is 4.74 Å². The zero-order chi connectivity index (χ0) is 12.6. The largest absolute Gasteiger partial charge is 0.496 e. The lowest BCUT2D eigenvalue weighted by Crippen LogP contribution is -2.45. The van der Waals surface area contributed by atoms with E-state index in [-0.39, 0.29) is 6.42 Å². The average molecular weight is 236 g/mol. The van der Waals surface area contributed by atoms with E-state index in [1.807, 2.05) is 0 Å². The minimum atomic E-state index is -2.12. The Kier molecular flexibility index (Phi) is 2.63. The van der Waals surface area contributed by atoms with Crippen LogP contribution in [0.15, 0.2) is 18.2 Å². The summed E-state index contributed by atoms with van der Waals surface area (Å²) in [6.07, 6.45) is -0.113. The van der Waals surface area contributed by atoms with E-state index < -0.39 is 17.4 Å². The first-order chi connectivity index (χ1) is 8.04. The molecule has 5 nitrogen and oxygen atoms in total. The predicted octanol–water partition coefficient (Wildman–Crippen LogP) is 0.338. The van der Waals surface area contributed by atoms with E-state index in [0.717, 1.165) is 7.11 Å². The molecule has 90 valence electrons. The molecule has 0 aromatic heterocycles. The van der Waals surface area contributed by atoms with Crippen molar-refractivity contribution in [2.24, 2.45) is 0 Å². The summed E-state index contributed by atoms with van der Waals surface area (Å²) in [6, 6.07) is 4.87. The van der Waals surface area contributed by atoms with Crippen molar-refractivity contribution < 1.29 is 24.2 Å². The zero-order valence-corrected chi connectivity index (χ0v) is 9.52. The van der Waals surface area contributed by atoms with Crippen molar-refractivity contribution >= 4 is 11.8 Å². The number of carbonyl (C=O) groups is 2. The lowest BCUT2D eigenvalue weighted by Gasteiger charge is -2.16. The molecule has 1 aliphatic carbocycles. The van der Waals surface area contributed by atoms with Gasteiger partial charge in [-0.25, -0.2) is 4.79 Å². The van der Waals surface area contributed by atoms with Crippen molar-refractivity contribution in [3.05, 3.63) is 29.3 Å². The van der Waals surface area contributed by atoms with Crippen molar-refractivity contribution in [1.29, 1.82) is 0 Å². The highest BCUT2D eigenvalue weighted by Crippen LogP contribution is 2.36. The van der Waals surface area contributed by atoms with Gasteiger partial charge in [0, 0.05) is 17.5 Å². The molecule has 0 amide bonds. The molecule has 1 unspecified atom stereocenters. The Labute approximate surface area is 98.0 Å². The summed E-state index contributed by atoms with van der Waals surface area (Å²) in [6.45, 7) is 0. The first kappa shape index (κ1) is 11.6. The molecule has 0 saturated carbocycles. The van der Waals surface area contributed by atoms with Gasteiger partial charge >= 0.3 is 5.97 Å². The highest BCUT2D eigenvalue weighted by Gasteiger charge is 2.52. The Morgan fingerprint density at radius 1 is 1.41 bits per heavy atom. The van der Waals surface area contributed by atoms with Crippen LogP contribution in [0.25, 0.3) is 0 Å². The molecule has 1 aromatic rings. The molecular formula is C12H12O5. The van der Waals surface area contributed by atoms with Crippen molar-refractivity contribution in [3.8, 4) is 5.75 Å². The Balaban J connectivity index is 2.52. The maximum absolute atomic E-state index is 12.0. The number of ether oxygens (including phenoxy) is 2. The summed E-state index contributed by atoms with van der Waals surface area (Å²) in [5.74, 6) is -1.10. The second-order valence-corrected chi connectivity index (χ2v) is 3.84. The van der Waals surface area contributed by atoms with Crippen molar-refractivity contribution in [3.63, 3.8) is 0 Å². The number of hydrogen-bond acceptors (Lipinski definition) is 5. The Morgan fingerprint density at radius 3 is 2.71 bits per heavy atom. The minimum absolute atomic E-state index is 0.113. The van der Waals surface area contributed by atoms with Gasteiger partial charge in [0.05, 0.1) is 14.2 Å². The van der Waals surface area contributed by atoms with Gasteiger partial charge in [-0.1, -0.05) is 12.1 Å². The van der Waals surface area contributed by atoms with Gasteiger partial charge in [-0.15, -0.1) is 0 Å². The second-order valence-electron chi connectivity index (χ2n) is 3.84. The van der Waals surface area contributed by atoms with Crippen molar-refractivity contribution in [1.82, 2.24) is 0 Å². The topological polar surface area (TPSA) is 72.8 Å². The third kappa shape index (κ3) is 1.51. The van der Waals surface area contributed by atoms with E-state index in [9.17, 15) is 14.7 Å². The normalized spacial score (nSPS) is 22.2. The molecule has 1 atom stereocenters. The quantitative estimate of drug-likeness (QED) is 0.592. The monoisotopic (exact) mass is 236 g/mol. The van der Waals surface area contributed by atoms with Crippen LogP contribution in [0.2, 0.25) is 0 Å². The first-order valence-electron chi connectivity index (χ1n) is 5.06. The molecular weight excluding hydrogens is 224 g/mol. The van der Waals surface area contributed by atoms with Crippen LogP contribution in [-0.4, -0.2) is 36.7 Å². The summed E-state index contributed by atoms with van der Waals surface area (Å²) in [4.78, 5) is 23.5. The van der Waals surface area contributed by atoms with Crippen molar-refractivity contribution in [2.45, 2.75) is 12.0 Å². The van der Waals surface area contributed by atoms with E-state index in [1.165, 1.54) is 7.11 Å². The predicted molar refractivity (Wildman–Crippen MR) is 58.0 cm³/mol. The van der Waals surface area contributed by atoms with Crippen LogP contribution in [-0.2, 0) is 16.0 Å². The highest BCUT2D eigenvalue weighted by atomic mass is 16.5. The third-order valence-electron chi connectivity index (χ3n) is 2.93. The van der Waals surface area contributed by atoms with E-state index >= 15 is 0 Å². The molecule has 17 heavy (non-hydrogen) atoms. The van der Waals surface area contributed by atoms with Gasteiger partial charge in [0.15, 0.2) is 0 Å². The molecule has 0 aliphatic heterocycles. The Morgan fingerprint density at radius 2 is 2.12 bits per heavy atom. The molecule has 0 fully saturated rings. The van der Waals surface area contributed by atoms with Crippen LogP contribution in [0.5, 0.6) is 5.75 Å². The second kappa shape index (κ2) is 3.85. The van der Waals surface area contributed by atoms with E-state index in [2.05, 4.69) is 4.74 Å². The Bertz CT molecular complexity index is 494.